The molecule has 0 unspecified atom stereocenters. The number of aryl methyl sites for hydroxylation is 2. The van der Waals surface area contributed by atoms with Crippen molar-refractivity contribution in [3.05, 3.63) is 52.7 Å². The lowest BCUT2D eigenvalue weighted by Crippen LogP contribution is -2.38. The number of anilines is 1. The summed E-state index contributed by atoms with van der Waals surface area (Å²) in [6.07, 6.45) is 3.53. The lowest BCUT2D eigenvalue weighted by Gasteiger charge is -2.18. The zero-order valence-electron chi connectivity index (χ0n) is 16.0. The van der Waals surface area contributed by atoms with Crippen LogP contribution in [0.5, 0.6) is 0 Å². The second kappa shape index (κ2) is 8.03. The second-order valence-corrected chi connectivity index (χ2v) is 6.49. The normalized spacial score (nSPS) is 10.8. The number of carbonyl (C=O) groups is 2. The van der Waals surface area contributed by atoms with E-state index in [0.717, 1.165) is 17.7 Å². The van der Waals surface area contributed by atoms with Crippen molar-refractivity contribution in [2.75, 3.05) is 18.9 Å². The maximum Gasteiger partial charge on any atom is 0.264 e. The largest absolute Gasteiger partial charge is 0.335 e. The molecule has 0 bridgehead atoms. The maximum atomic E-state index is 12.5. The number of nitrogens with one attached hydrogen (secondary N) is 1. The maximum absolute atomic E-state index is 12.5. The van der Waals surface area contributed by atoms with E-state index in [1.54, 1.807) is 7.05 Å². The summed E-state index contributed by atoms with van der Waals surface area (Å²) in [5.41, 5.74) is 1.86. The molecule has 0 atom stereocenters. The smallest absolute Gasteiger partial charge is 0.264 e. The average Bonchev–Trinajstić information content (AvgIpc) is 3.05. The molecule has 0 radical (unpaired) electrons. The number of amides is 2. The van der Waals surface area contributed by atoms with Crippen molar-refractivity contribution in [3.63, 3.8) is 0 Å². The van der Waals surface area contributed by atoms with E-state index in [1.807, 2.05) is 31.2 Å². The molecule has 28 heavy (non-hydrogen) atoms. The van der Waals surface area contributed by atoms with Crippen LogP contribution in [-0.2, 0) is 29.6 Å². The Balaban J connectivity index is 1.65. The number of hydrogen-bond acceptors (Lipinski definition) is 5. The predicted molar refractivity (Wildman–Crippen MR) is 105 cm³/mol. The van der Waals surface area contributed by atoms with Crippen LogP contribution in [0.4, 0.5) is 5.69 Å². The first-order chi connectivity index (χ1) is 13.4. The summed E-state index contributed by atoms with van der Waals surface area (Å²) in [5, 5.41) is 7.16. The van der Waals surface area contributed by atoms with Crippen LogP contribution in [0.2, 0.25) is 0 Å². The molecule has 1 N–H and O–H groups in total. The summed E-state index contributed by atoms with van der Waals surface area (Å²) in [4.78, 5) is 42.6. The number of likely N-dealkylation sites (N-methyl/N-ethyl adjacent to an activating group) is 1. The number of hydrogen-bond donors (Lipinski definition) is 1. The standard InChI is InChI=1S/C19H22N6O3/c1-4-13-7-5-6-8-15(13)22-16(26)10-23(2)17(27)11-25-12-20-18-14(19(25)28)9-21-24(18)3/h5-9,12H,4,10-11H2,1-3H3,(H,22,26). The molecular formula is C19H22N6O3. The van der Waals surface area contributed by atoms with Gasteiger partial charge in [0, 0.05) is 19.8 Å². The van der Waals surface area contributed by atoms with Gasteiger partial charge in [0.15, 0.2) is 5.65 Å². The van der Waals surface area contributed by atoms with Crippen molar-refractivity contribution in [2.45, 2.75) is 19.9 Å². The fourth-order valence-corrected chi connectivity index (χ4v) is 2.89. The highest BCUT2D eigenvalue weighted by atomic mass is 16.2. The number of carbonyl (C=O) groups excluding carboxylic acids is 2. The zero-order chi connectivity index (χ0) is 20.3. The van der Waals surface area contributed by atoms with Gasteiger partial charge in [0.1, 0.15) is 18.3 Å². The third kappa shape index (κ3) is 3.93. The molecule has 0 saturated heterocycles. The third-order valence-electron chi connectivity index (χ3n) is 4.50. The lowest BCUT2D eigenvalue weighted by atomic mass is 10.1. The van der Waals surface area contributed by atoms with Gasteiger partial charge in [-0.2, -0.15) is 5.10 Å². The van der Waals surface area contributed by atoms with E-state index in [4.69, 9.17) is 0 Å². The molecule has 0 saturated carbocycles. The highest BCUT2D eigenvalue weighted by Crippen LogP contribution is 2.15. The molecule has 0 fully saturated rings. The van der Waals surface area contributed by atoms with E-state index < -0.39 is 0 Å². The van der Waals surface area contributed by atoms with Gasteiger partial charge in [0.05, 0.1) is 12.7 Å². The predicted octanol–water partition coefficient (Wildman–Crippen LogP) is 0.789. The molecule has 0 spiro atoms. The number of fused-ring (bicyclic) bond motifs is 1. The minimum absolute atomic E-state index is 0.117. The van der Waals surface area contributed by atoms with Gasteiger partial charge in [-0.1, -0.05) is 25.1 Å². The van der Waals surface area contributed by atoms with E-state index in [2.05, 4.69) is 15.4 Å². The third-order valence-corrected chi connectivity index (χ3v) is 4.50. The summed E-state index contributed by atoms with van der Waals surface area (Å²) >= 11 is 0. The Bertz CT molecular complexity index is 1080. The van der Waals surface area contributed by atoms with Gasteiger partial charge in [-0.05, 0) is 18.1 Å². The topological polar surface area (TPSA) is 102 Å². The van der Waals surface area contributed by atoms with E-state index in [9.17, 15) is 14.4 Å². The van der Waals surface area contributed by atoms with Crippen LogP contribution in [0, 0.1) is 0 Å². The van der Waals surface area contributed by atoms with E-state index in [0.29, 0.717) is 11.0 Å². The molecule has 146 valence electrons. The molecule has 2 aromatic heterocycles. The Morgan fingerprint density at radius 3 is 2.75 bits per heavy atom. The van der Waals surface area contributed by atoms with E-state index in [-0.39, 0.29) is 30.5 Å². The number of rotatable bonds is 6. The first-order valence-corrected chi connectivity index (χ1v) is 8.89. The number of para-hydroxylation sites is 1. The van der Waals surface area contributed by atoms with Crippen LogP contribution in [0.1, 0.15) is 12.5 Å². The van der Waals surface area contributed by atoms with Gasteiger partial charge in [-0.25, -0.2) is 4.98 Å². The fourth-order valence-electron chi connectivity index (χ4n) is 2.89. The van der Waals surface area contributed by atoms with Crippen molar-refractivity contribution in [1.82, 2.24) is 24.2 Å². The van der Waals surface area contributed by atoms with Crippen LogP contribution < -0.4 is 10.9 Å². The Labute approximate surface area is 161 Å². The van der Waals surface area contributed by atoms with Crippen LogP contribution in [0.15, 0.2) is 41.6 Å². The molecule has 0 aliphatic heterocycles. The zero-order valence-corrected chi connectivity index (χ0v) is 16.0. The lowest BCUT2D eigenvalue weighted by molar-refractivity contribution is -0.133. The second-order valence-electron chi connectivity index (χ2n) is 6.49. The summed E-state index contributed by atoms with van der Waals surface area (Å²) in [7, 11) is 3.21. The molecule has 9 heteroatoms. The van der Waals surface area contributed by atoms with Crippen LogP contribution >= 0.6 is 0 Å². The fraction of sp³-hybridized carbons (Fsp3) is 0.316. The minimum atomic E-state index is -0.369. The Hall–Kier alpha value is -3.49. The molecule has 2 heterocycles. The molecule has 3 rings (SSSR count). The van der Waals surface area contributed by atoms with Crippen molar-refractivity contribution in [1.29, 1.82) is 0 Å². The van der Waals surface area contributed by atoms with Crippen molar-refractivity contribution >= 4 is 28.5 Å². The van der Waals surface area contributed by atoms with E-state index in [1.165, 1.54) is 33.7 Å². The van der Waals surface area contributed by atoms with Gasteiger partial charge in [-0.3, -0.25) is 23.6 Å². The molecule has 1 aromatic carbocycles. The number of benzene rings is 1. The summed E-state index contributed by atoms with van der Waals surface area (Å²) in [6.45, 7) is 1.69. The highest BCUT2D eigenvalue weighted by molar-refractivity contribution is 5.95. The van der Waals surface area contributed by atoms with E-state index >= 15 is 0 Å². The summed E-state index contributed by atoms with van der Waals surface area (Å²) in [6, 6.07) is 7.53. The molecule has 3 aromatic rings. The molecule has 9 nitrogen and oxygen atoms in total. The Morgan fingerprint density at radius 2 is 2.00 bits per heavy atom. The molecule has 2 amide bonds. The molecular weight excluding hydrogens is 360 g/mol. The van der Waals surface area contributed by atoms with Crippen molar-refractivity contribution in [2.24, 2.45) is 7.05 Å². The van der Waals surface area contributed by atoms with Crippen LogP contribution in [-0.4, -0.2) is 49.6 Å². The summed E-state index contributed by atoms with van der Waals surface area (Å²) < 4.78 is 2.71. The molecule has 0 aliphatic rings. The minimum Gasteiger partial charge on any atom is -0.335 e. The number of nitrogens with zero attached hydrogens (tertiary/aromatic N) is 5. The van der Waals surface area contributed by atoms with Gasteiger partial charge in [0.2, 0.25) is 11.8 Å². The Kier molecular flexibility index (Phi) is 5.53. The average molecular weight is 382 g/mol. The van der Waals surface area contributed by atoms with Gasteiger partial charge in [-0.15, -0.1) is 0 Å². The van der Waals surface area contributed by atoms with Crippen LogP contribution in [0.3, 0.4) is 0 Å². The quantitative estimate of drug-likeness (QED) is 0.679. The first kappa shape index (κ1) is 19.3. The van der Waals surface area contributed by atoms with Crippen molar-refractivity contribution < 1.29 is 9.59 Å². The number of aromatic nitrogens is 4. The van der Waals surface area contributed by atoms with Gasteiger partial charge < -0.3 is 10.2 Å². The Morgan fingerprint density at radius 1 is 1.25 bits per heavy atom. The van der Waals surface area contributed by atoms with Gasteiger partial charge in [0.25, 0.3) is 5.56 Å². The first-order valence-electron chi connectivity index (χ1n) is 8.89. The van der Waals surface area contributed by atoms with Crippen molar-refractivity contribution in [3.8, 4) is 0 Å². The summed E-state index contributed by atoms with van der Waals surface area (Å²) in [5.74, 6) is -0.670. The molecule has 0 aliphatic carbocycles. The monoisotopic (exact) mass is 382 g/mol. The SMILES string of the molecule is CCc1ccccc1NC(=O)CN(C)C(=O)Cn1cnc2c(cnn2C)c1=O. The van der Waals surface area contributed by atoms with Gasteiger partial charge >= 0.3 is 0 Å². The highest BCUT2D eigenvalue weighted by Gasteiger charge is 2.16. The van der Waals surface area contributed by atoms with Crippen LogP contribution in [0.25, 0.3) is 11.0 Å².